The van der Waals surface area contributed by atoms with E-state index in [0.717, 1.165) is 17.7 Å². The van der Waals surface area contributed by atoms with Gasteiger partial charge in [-0.3, -0.25) is 0 Å². The van der Waals surface area contributed by atoms with Crippen LogP contribution in [0.4, 0.5) is 0 Å². The van der Waals surface area contributed by atoms with Crippen LogP contribution in [0.15, 0.2) is 53.4 Å². The maximum absolute atomic E-state index is 12.5. The van der Waals surface area contributed by atoms with E-state index in [1.807, 2.05) is 12.1 Å². The van der Waals surface area contributed by atoms with Crippen molar-refractivity contribution in [1.29, 1.82) is 0 Å². The zero-order valence-corrected chi connectivity index (χ0v) is 18.2. The summed E-state index contributed by atoms with van der Waals surface area (Å²) >= 11 is 0. The summed E-state index contributed by atoms with van der Waals surface area (Å²) in [5.74, 6) is 0.991. The van der Waals surface area contributed by atoms with Gasteiger partial charge in [-0.2, -0.15) is 8.42 Å². The highest BCUT2D eigenvalue weighted by molar-refractivity contribution is 7.87. The molecule has 0 saturated carbocycles. The fourth-order valence-corrected chi connectivity index (χ4v) is 3.71. The Balaban J connectivity index is 1.91. The third-order valence-electron chi connectivity index (χ3n) is 4.56. The van der Waals surface area contributed by atoms with Gasteiger partial charge in [0.15, 0.2) is 0 Å². The summed E-state index contributed by atoms with van der Waals surface area (Å²) in [6.45, 7) is 9.12. The first-order valence-corrected chi connectivity index (χ1v) is 11.4. The molecule has 0 saturated heterocycles. The smallest absolute Gasteiger partial charge is 0.339 e. The lowest BCUT2D eigenvalue weighted by Gasteiger charge is -2.19. The summed E-state index contributed by atoms with van der Waals surface area (Å²) in [7, 11) is -3.86. The van der Waals surface area contributed by atoms with Gasteiger partial charge in [0, 0.05) is 0 Å². The molecule has 0 heterocycles. The van der Waals surface area contributed by atoms with Crippen molar-refractivity contribution in [3.8, 4) is 11.5 Å². The lowest BCUT2D eigenvalue weighted by Crippen LogP contribution is -2.13. The Bertz CT molecular complexity index is 816. The number of hydrogen-bond donors (Lipinski definition) is 0. The summed E-state index contributed by atoms with van der Waals surface area (Å²) in [6, 6.07) is 13.5. The highest BCUT2D eigenvalue weighted by atomic mass is 32.2. The highest BCUT2D eigenvalue weighted by Gasteiger charge is 2.19. The topological polar surface area (TPSA) is 52.6 Å². The molecule has 0 aliphatic heterocycles. The van der Waals surface area contributed by atoms with Crippen LogP contribution in [0.3, 0.4) is 0 Å². The zero-order valence-electron chi connectivity index (χ0n) is 17.4. The van der Waals surface area contributed by atoms with Crippen molar-refractivity contribution < 1.29 is 17.3 Å². The molecule has 0 aromatic heterocycles. The van der Waals surface area contributed by atoms with Crippen LogP contribution >= 0.6 is 0 Å². The first-order valence-electron chi connectivity index (χ1n) is 10.0. The normalized spacial score (nSPS) is 12.0. The molecule has 0 aliphatic carbocycles. The zero-order chi connectivity index (χ0) is 20.6. The van der Waals surface area contributed by atoms with Crippen LogP contribution in [0, 0.1) is 0 Å². The Morgan fingerprint density at radius 2 is 1.36 bits per heavy atom. The average Bonchev–Trinajstić information content (AvgIpc) is 2.65. The minimum Gasteiger partial charge on any atom is -0.494 e. The Labute approximate surface area is 170 Å². The van der Waals surface area contributed by atoms with Crippen LogP contribution in [0.1, 0.15) is 65.4 Å². The molecular weight excluding hydrogens is 372 g/mol. The molecule has 0 atom stereocenters. The molecular formula is C23H32O4S. The van der Waals surface area contributed by atoms with Gasteiger partial charge in [0.05, 0.1) is 6.61 Å². The van der Waals surface area contributed by atoms with Crippen molar-refractivity contribution in [1.82, 2.24) is 0 Å². The van der Waals surface area contributed by atoms with E-state index < -0.39 is 10.1 Å². The largest absolute Gasteiger partial charge is 0.494 e. The summed E-state index contributed by atoms with van der Waals surface area (Å²) in [4.78, 5) is 0.146. The third-order valence-corrected chi connectivity index (χ3v) is 5.82. The lowest BCUT2D eigenvalue weighted by atomic mass is 9.87. The van der Waals surface area contributed by atoms with Crippen LogP contribution in [-0.2, 0) is 15.5 Å². The first-order chi connectivity index (χ1) is 13.2. The van der Waals surface area contributed by atoms with Gasteiger partial charge in [-0.1, -0.05) is 65.5 Å². The molecule has 154 valence electrons. The van der Waals surface area contributed by atoms with Crippen molar-refractivity contribution in [3.05, 3.63) is 54.1 Å². The molecule has 0 radical (unpaired) electrons. The number of benzene rings is 2. The van der Waals surface area contributed by atoms with Gasteiger partial charge >= 0.3 is 10.1 Å². The van der Waals surface area contributed by atoms with Crippen molar-refractivity contribution in [2.45, 2.75) is 70.1 Å². The average molecular weight is 405 g/mol. The number of hydrogen-bond acceptors (Lipinski definition) is 4. The molecule has 0 aliphatic rings. The molecule has 0 N–H and O–H groups in total. The quantitative estimate of drug-likeness (QED) is 0.354. The molecule has 5 heteroatoms. The van der Waals surface area contributed by atoms with Crippen LogP contribution in [0.2, 0.25) is 0 Å². The highest BCUT2D eigenvalue weighted by Crippen LogP contribution is 2.25. The van der Waals surface area contributed by atoms with Crippen LogP contribution in [0.25, 0.3) is 0 Å². The van der Waals surface area contributed by atoms with E-state index in [9.17, 15) is 8.42 Å². The van der Waals surface area contributed by atoms with Crippen LogP contribution in [-0.4, -0.2) is 15.0 Å². The molecule has 0 unspecified atom stereocenters. The van der Waals surface area contributed by atoms with Crippen molar-refractivity contribution in [2.24, 2.45) is 0 Å². The predicted octanol–water partition coefficient (Wildman–Crippen LogP) is 6.10. The predicted molar refractivity (Wildman–Crippen MR) is 114 cm³/mol. The molecule has 4 nitrogen and oxygen atoms in total. The molecule has 0 amide bonds. The standard InChI is InChI=1S/C23H32O4S/c1-5-6-7-8-9-18-26-20-12-14-21(15-13-20)27-28(24,25)22-16-10-19(11-17-22)23(2,3)4/h10-17H,5-9,18H2,1-4H3. The molecule has 0 fully saturated rings. The molecule has 2 aromatic rings. The van der Waals surface area contributed by atoms with E-state index in [0.29, 0.717) is 6.61 Å². The first kappa shape index (κ1) is 22.3. The Hall–Kier alpha value is -2.01. The minimum atomic E-state index is -3.86. The van der Waals surface area contributed by atoms with Crippen molar-refractivity contribution >= 4 is 10.1 Å². The van der Waals surface area contributed by atoms with E-state index in [-0.39, 0.29) is 16.1 Å². The van der Waals surface area contributed by atoms with Gasteiger partial charge in [-0.05, 0) is 53.8 Å². The minimum absolute atomic E-state index is 0.0328. The SMILES string of the molecule is CCCCCCCOc1ccc(OS(=O)(=O)c2ccc(C(C)(C)C)cc2)cc1. The van der Waals surface area contributed by atoms with Gasteiger partial charge < -0.3 is 8.92 Å². The Morgan fingerprint density at radius 1 is 0.786 bits per heavy atom. The summed E-state index contributed by atoms with van der Waals surface area (Å²) in [6.07, 6.45) is 5.92. The number of unbranched alkanes of at least 4 members (excludes halogenated alkanes) is 4. The van der Waals surface area contributed by atoms with Crippen molar-refractivity contribution in [2.75, 3.05) is 6.61 Å². The molecule has 28 heavy (non-hydrogen) atoms. The van der Waals surface area contributed by atoms with E-state index in [2.05, 4.69) is 27.7 Å². The van der Waals surface area contributed by atoms with Gasteiger partial charge in [0.2, 0.25) is 0 Å². The van der Waals surface area contributed by atoms with E-state index in [1.165, 1.54) is 25.7 Å². The second-order valence-electron chi connectivity index (χ2n) is 8.05. The Kier molecular flexibility index (Phi) is 7.93. The van der Waals surface area contributed by atoms with Gasteiger partial charge in [0.25, 0.3) is 0 Å². The maximum Gasteiger partial charge on any atom is 0.339 e. The van der Waals surface area contributed by atoms with Crippen LogP contribution < -0.4 is 8.92 Å². The van der Waals surface area contributed by atoms with Gasteiger partial charge in [-0.15, -0.1) is 0 Å². The Morgan fingerprint density at radius 3 is 1.93 bits per heavy atom. The van der Waals surface area contributed by atoms with Crippen molar-refractivity contribution in [3.63, 3.8) is 0 Å². The third kappa shape index (κ3) is 6.86. The maximum atomic E-state index is 12.5. The fourth-order valence-electron chi connectivity index (χ4n) is 2.78. The van der Waals surface area contributed by atoms with E-state index in [1.54, 1.807) is 36.4 Å². The summed E-state index contributed by atoms with van der Waals surface area (Å²) in [5, 5.41) is 0. The molecule has 2 aromatic carbocycles. The van der Waals surface area contributed by atoms with Gasteiger partial charge in [0.1, 0.15) is 16.4 Å². The summed E-state index contributed by atoms with van der Waals surface area (Å²) < 4.78 is 35.9. The molecule has 0 bridgehead atoms. The fraction of sp³-hybridized carbons (Fsp3) is 0.478. The monoisotopic (exact) mass is 404 g/mol. The lowest BCUT2D eigenvalue weighted by molar-refractivity contribution is 0.304. The van der Waals surface area contributed by atoms with Crippen LogP contribution in [0.5, 0.6) is 11.5 Å². The number of rotatable bonds is 10. The second kappa shape index (κ2) is 9.97. The van der Waals surface area contributed by atoms with E-state index >= 15 is 0 Å². The summed E-state index contributed by atoms with van der Waals surface area (Å²) in [5.41, 5.74) is 1.04. The second-order valence-corrected chi connectivity index (χ2v) is 9.59. The molecule has 2 rings (SSSR count). The van der Waals surface area contributed by atoms with E-state index in [4.69, 9.17) is 8.92 Å². The van der Waals surface area contributed by atoms with Gasteiger partial charge in [-0.25, -0.2) is 0 Å². The number of ether oxygens (including phenoxy) is 1. The molecule has 0 spiro atoms.